The predicted octanol–water partition coefficient (Wildman–Crippen LogP) is 3.20. The van der Waals surface area contributed by atoms with E-state index in [0.29, 0.717) is 12.3 Å². The zero-order valence-corrected chi connectivity index (χ0v) is 15.5. The third-order valence-corrected chi connectivity index (χ3v) is 5.55. The monoisotopic (exact) mass is 371 g/mol. The Morgan fingerprint density at radius 3 is 2.27 bits per heavy atom. The molecule has 0 aliphatic heterocycles. The van der Waals surface area contributed by atoms with Crippen molar-refractivity contribution in [2.75, 3.05) is 0 Å². The van der Waals surface area contributed by atoms with E-state index in [-0.39, 0.29) is 10.8 Å². The molecule has 0 aliphatic rings. The topological polar surface area (TPSA) is 85.1 Å². The molecule has 6 nitrogen and oxygen atoms in total. The minimum Gasteiger partial charge on any atom is -0.424 e. The fourth-order valence-corrected chi connectivity index (χ4v) is 3.83. The van der Waals surface area contributed by atoms with Gasteiger partial charge in [-0.05, 0) is 36.1 Å². The van der Waals surface area contributed by atoms with Crippen molar-refractivity contribution < 1.29 is 12.8 Å². The molecule has 3 aromatic rings. The smallest absolute Gasteiger partial charge is 0.241 e. The number of nitrogens with zero attached hydrogens (tertiary/aromatic N) is 2. The van der Waals surface area contributed by atoms with Gasteiger partial charge in [0.05, 0.1) is 4.90 Å². The molecule has 1 aromatic heterocycles. The third-order valence-electron chi connectivity index (χ3n) is 4.06. The van der Waals surface area contributed by atoms with Crippen LogP contribution in [-0.4, -0.2) is 18.6 Å². The van der Waals surface area contributed by atoms with Crippen LogP contribution in [0.1, 0.15) is 35.9 Å². The van der Waals surface area contributed by atoms with Gasteiger partial charge >= 0.3 is 0 Å². The van der Waals surface area contributed by atoms with Gasteiger partial charge in [-0.2, -0.15) is 4.72 Å². The Bertz CT molecular complexity index is 951. The van der Waals surface area contributed by atoms with Gasteiger partial charge in [0.25, 0.3) is 0 Å². The molecule has 7 heteroatoms. The number of sulfonamides is 1. The number of aromatic nitrogens is 2. The van der Waals surface area contributed by atoms with Gasteiger partial charge in [-0.3, -0.25) is 0 Å². The van der Waals surface area contributed by atoms with Crippen molar-refractivity contribution in [2.45, 2.75) is 37.6 Å². The molecule has 1 atom stereocenters. The maximum absolute atomic E-state index is 12.8. The second kappa shape index (κ2) is 7.80. The van der Waals surface area contributed by atoms with Gasteiger partial charge in [-0.1, -0.05) is 49.4 Å². The minimum atomic E-state index is -3.72. The summed E-state index contributed by atoms with van der Waals surface area (Å²) in [6.07, 6.45) is 1.26. The third kappa shape index (κ3) is 4.36. The summed E-state index contributed by atoms with van der Waals surface area (Å²) in [4.78, 5) is 0.212. The number of aryl methyl sites for hydroxylation is 2. The minimum absolute atomic E-state index is 0.212. The van der Waals surface area contributed by atoms with Gasteiger partial charge in [-0.15, -0.1) is 10.2 Å². The molecular weight excluding hydrogens is 350 g/mol. The lowest BCUT2D eigenvalue weighted by molar-refractivity contribution is 0.411. The lowest BCUT2D eigenvalue weighted by Crippen LogP contribution is -2.30. The molecule has 136 valence electrons. The molecule has 1 N–H and O–H groups in total. The van der Waals surface area contributed by atoms with Gasteiger partial charge < -0.3 is 4.42 Å². The van der Waals surface area contributed by atoms with Crippen molar-refractivity contribution in [2.24, 2.45) is 0 Å². The van der Waals surface area contributed by atoms with Gasteiger partial charge in [0.1, 0.15) is 6.04 Å². The number of benzene rings is 2. The van der Waals surface area contributed by atoms with E-state index in [4.69, 9.17) is 4.42 Å². The Hall–Kier alpha value is -2.51. The van der Waals surface area contributed by atoms with Gasteiger partial charge in [-0.25, -0.2) is 8.42 Å². The van der Waals surface area contributed by atoms with Crippen LogP contribution in [0.5, 0.6) is 0 Å². The lowest BCUT2D eigenvalue weighted by atomic mass is 10.1. The number of hydrogen-bond donors (Lipinski definition) is 1. The molecular formula is C19H21N3O3S. The van der Waals surface area contributed by atoms with Crippen LogP contribution in [0.15, 0.2) is 63.9 Å². The van der Waals surface area contributed by atoms with Crippen LogP contribution in [0.4, 0.5) is 0 Å². The first-order chi connectivity index (χ1) is 12.5. The van der Waals surface area contributed by atoms with Gasteiger partial charge in [0, 0.05) is 6.92 Å². The standard InChI is InChI=1S/C19H21N3O3S/c1-3-15-9-11-17(12-10-15)26(23,24)22-18(19-21-20-14(2)25-19)13-16-7-5-4-6-8-16/h4-12,18,22H,3,13H2,1-2H3. The van der Waals surface area contributed by atoms with Crippen LogP contribution >= 0.6 is 0 Å². The molecule has 0 aliphatic carbocycles. The summed E-state index contributed by atoms with van der Waals surface area (Å²) >= 11 is 0. The van der Waals surface area contributed by atoms with Crippen molar-refractivity contribution in [3.05, 3.63) is 77.5 Å². The van der Waals surface area contributed by atoms with E-state index in [9.17, 15) is 8.42 Å². The van der Waals surface area contributed by atoms with Crippen LogP contribution in [0.2, 0.25) is 0 Å². The molecule has 0 radical (unpaired) electrons. The number of nitrogens with one attached hydrogen (secondary N) is 1. The van der Waals surface area contributed by atoms with Crippen LogP contribution in [-0.2, 0) is 22.9 Å². The zero-order chi connectivity index (χ0) is 18.6. The lowest BCUT2D eigenvalue weighted by Gasteiger charge is -2.16. The normalized spacial score (nSPS) is 12.8. The molecule has 0 fully saturated rings. The maximum Gasteiger partial charge on any atom is 0.241 e. The van der Waals surface area contributed by atoms with Crippen molar-refractivity contribution in [3.8, 4) is 0 Å². The molecule has 0 saturated heterocycles. The summed E-state index contributed by atoms with van der Waals surface area (Å²) in [7, 11) is -3.72. The van der Waals surface area contributed by atoms with E-state index in [2.05, 4.69) is 14.9 Å². The molecule has 0 saturated carbocycles. The first-order valence-electron chi connectivity index (χ1n) is 8.43. The van der Waals surface area contributed by atoms with Crippen molar-refractivity contribution >= 4 is 10.0 Å². The Morgan fingerprint density at radius 2 is 1.69 bits per heavy atom. The summed E-state index contributed by atoms with van der Waals surface area (Å²) in [5.74, 6) is 0.643. The van der Waals surface area contributed by atoms with E-state index in [1.807, 2.05) is 49.4 Å². The Labute approximate surface area is 153 Å². The summed E-state index contributed by atoms with van der Waals surface area (Å²) in [5.41, 5.74) is 2.05. The van der Waals surface area contributed by atoms with E-state index in [0.717, 1.165) is 17.5 Å². The van der Waals surface area contributed by atoms with Crippen molar-refractivity contribution in [1.29, 1.82) is 0 Å². The van der Waals surface area contributed by atoms with Crippen molar-refractivity contribution in [3.63, 3.8) is 0 Å². The first kappa shape index (κ1) is 18.3. The maximum atomic E-state index is 12.8. The second-order valence-electron chi connectivity index (χ2n) is 6.02. The van der Waals surface area contributed by atoms with E-state index in [1.165, 1.54) is 0 Å². The summed E-state index contributed by atoms with van der Waals surface area (Å²) in [6.45, 7) is 3.70. The van der Waals surface area contributed by atoms with Crippen LogP contribution in [0, 0.1) is 6.92 Å². The largest absolute Gasteiger partial charge is 0.424 e. The zero-order valence-electron chi connectivity index (χ0n) is 14.7. The molecule has 1 unspecified atom stereocenters. The SMILES string of the molecule is CCc1ccc(S(=O)(=O)NC(Cc2ccccc2)c2nnc(C)o2)cc1. The predicted molar refractivity (Wildman–Crippen MR) is 98.1 cm³/mol. The van der Waals surface area contributed by atoms with Gasteiger partial charge in [0.2, 0.25) is 21.8 Å². The highest BCUT2D eigenvalue weighted by Crippen LogP contribution is 2.21. The van der Waals surface area contributed by atoms with E-state index < -0.39 is 16.1 Å². The fraction of sp³-hybridized carbons (Fsp3) is 0.263. The second-order valence-corrected chi connectivity index (χ2v) is 7.73. The number of hydrogen-bond acceptors (Lipinski definition) is 5. The van der Waals surface area contributed by atoms with Crippen LogP contribution in [0.25, 0.3) is 0 Å². The molecule has 0 amide bonds. The van der Waals surface area contributed by atoms with E-state index in [1.54, 1.807) is 19.1 Å². The average molecular weight is 371 g/mol. The highest BCUT2D eigenvalue weighted by atomic mass is 32.2. The highest BCUT2D eigenvalue weighted by Gasteiger charge is 2.25. The Morgan fingerprint density at radius 1 is 1.00 bits per heavy atom. The quantitative estimate of drug-likeness (QED) is 0.689. The Kier molecular flexibility index (Phi) is 5.49. The molecule has 0 spiro atoms. The molecule has 3 rings (SSSR count). The van der Waals surface area contributed by atoms with Gasteiger partial charge in [0.15, 0.2) is 0 Å². The molecule has 1 heterocycles. The molecule has 2 aromatic carbocycles. The fourth-order valence-electron chi connectivity index (χ4n) is 2.64. The summed E-state index contributed by atoms with van der Waals surface area (Å²) < 4.78 is 33.8. The first-order valence-corrected chi connectivity index (χ1v) is 9.91. The summed E-state index contributed by atoms with van der Waals surface area (Å²) in [5, 5.41) is 7.83. The highest BCUT2D eigenvalue weighted by molar-refractivity contribution is 7.89. The Balaban J connectivity index is 1.88. The van der Waals surface area contributed by atoms with Crippen molar-refractivity contribution in [1.82, 2.24) is 14.9 Å². The average Bonchev–Trinajstić information content (AvgIpc) is 3.08. The summed E-state index contributed by atoms with van der Waals surface area (Å²) in [6, 6.07) is 15.8. The molecule has 0 bridgehead atoms. The van der Waals surface area contributed by atoms with Crippen LogP contribution in [0.3, 0.4) is 0 Å². The van der Waals surface area contributed by atoms with Crippen LogP contribution < -0.4 is 4.72 Å². The number of rotatable bonds is 7. The van der Waals surface area contributed by atoms with E-state index >= 15 is 0 Å². The molecule has 26 heavy (non-hydrogen) atoms.